The first-order chi connectivity index (χ1) is 7.62. The topological polar surface area (TPSA) is 86.6 Å². The molecule has 1 unspecified atom stereocenters. The number of carbonyl (C=O) groups is 2. The van der Waals surface area contributed by atoms with Crippen molar-refractivity contribution < 1.29 is 19.8 Å². The smallest absolute Gasteiger partial charge is 0.332 e. The van der Waals surface area contributed by atoms with Gasteiger partial charge in [-0.15, -0.1) is 0 Å². The van der Waals surface area contributed by atoms with Gasteiger partial charge in [0.05, 0.1) is 0 Å². The molecular weight excluding hydrogens is 222 g/mol. The zero-order valence-electron chi connectivity index (χ0n) is 10.8. The molecule has 1 saturated carbocycles. The molecule has 1 aliphatic carbocycles. The van der Waals surface area contributed by atoms with E-state index >= 15 is 0 Å². The molecule has 3 N–H and O–H groups in total. The second-order valence-corrected chi connectivity index (χ2v) is 5.81. The zero-order valence-corrected chi connectivity index (χ0v) is 10.8. The van der Waals surface area contributed by atoms with Gasteiger partial charge in [-0.05, 0) is 10.8 Å². The lowest BCUT2D eigenvalue weighted by molar-refractivity contribution is -0.147. The fourth-order valence-electron chi connectivity index (χ4n) is 2.41. The Morgan fingerprint density at radius 1 is 1.24 bits per heavy atom. The molecule has 0 aromatic rings. The van der Waals surface area contributed by atoms with Crippen molar-refractivity contribution in [3.63, 3.8) is 0 Å². The lowest BCUT2D eigenvalue weighted by Gasteiger charge is -2.08. The number of amides is 1. The van der Waals surface area contributed by atoms with E-state index < -0.39 is 12.1 Å². The van der Waals surface area contributed by atoms with E-state index in [2.05, 4.69) is 5.32 Å². The predicted octanol–water partition coefficient (Wildman–Crippen LogP) is 0.620. The largest absolute Gasteiger partial charge is 0.479 e. The molecule has 0 radical (unpaired) electrons. The Labute approximate surface area is 101 Å². The number of nitrogens with one attached hydrogen (secondary N) is 1. The van der Waals surface area contributed by atoms with Gasteiger partial charge in [-0.3, -0.25) is 4.79 Å². The fourth-order valence-corrected chi connectivity index (χ4v) is 2.41. The van der Waals surface area contributed by atoms with Gasteiger partial charge in [0.25, 0.3) is 0 Å². The van der Waals surface area contributed by atoms with E-state index in [1.807, 2.05) is 27.7 Å². The number of rotatable bonds is 5. The molecule has 17 heavy (non-hydrogen) atoms. The summed E-state index contributed by atoms with van der Waals surface area (Å²) in [6.07, 6.45) is -1.37. The van der Waals surface area contributed by atoms with Crippen molar-refractivity contribution >= 4 is 11.9 Å². The average molecular weight is 243 g/mol. The maximum absolute atomic E-state index is 11.8. The van der Waals surface area contributed by atoms with Gasteiger partial charge in [-0.1, -0.05) is 27.7 Å². The molecule has 98 valence electrons. The van der Waals surface area contributed by atoms with Crippen LogP contribution >= 0.6 is 0 Å². The van der Waals surface area contributed by atoms with Crippen molar-refractivity contribution in [2.45, 2.75) is 40.2 Å². The number of carboxylic acid groups (broad SMARTS) is 1. The number of aliphatic hydroxyl groups excluding tert-OH is 1. The van der Waals surface area contributed by atoms with Gasteiger partial charge in [0.2, 0.25) is 5.91 Å². The van der Waals surface area contributed by atoms with Crippen molar-refractivity contribution in [3.8, 4) is 0 Å². The molecule has 1 atom stereocenters. The van der Waals surface area contributed by atoms with Crippen LogP contribution in [0.4, 0.5) is 0 Å². The number of hydrogen-bond donors (Lipinski definition) is 3. The Balaban J connectivity index is 2.36. The predicted molar refractivity (Wildman–Crippen MR) is 62.3 cm³/mol. The van der Waals surface area contributed by atoms with Crippen LogP contribution in [0.1, 0.15) is 34.1 Å². The van der Waals surface area contributed by atoms with Gasteiger partial charge in [-0.25, -0.2) is 4.79 Å². The Bertz CT molecular complexity index is 321. The van der Waals surface area contributed by atoms with Crippen molar-refractivity contribution in [2.75, 3.05) is 6.54 Å². The standard InChI is InChI=1S/C12H21NO4/c1-11(2)8(12(11,3)4)9(15)13-6-5-7(14)10(16)17/h7-8,14H,5-6H2,1-4H3,(H,13,15)(H,16,17). The monoisotopic (exact) mass is 243 g/mol. The van der Waals surface area contributed by atoms with Gasteiger partial charge in [0.15, 0.2) is 6.10 Å². The molecular formula is C12H21NO4. The lowest BCUT2D eigenvalue weighted by Crippen LogP contribution is -2.32. The second-order valence-electron chi connectivity index (χ2n) is 5.81. The average Bonchev–Trinajstić information content (AvgIpc) is 2.56. The maximum Gasteiger partial charge on any atom is 0.332 e. The Morgan fingerprint density at radius 2 is 1.71 bits per heavy atom. The number of aliphatic carboxylic acids is 1. The van der Waals surface area contributed by atoms with E-state index in [0.29, 0.717) is 0 Å². The normalized spacial score (nSPS) is 22.9. The van der Waals surface area contributed by atoms with Crippen molar-refractivity contribution in [2.24, 2.45) is 16.7 Å². The quantitative estimate of drug-likeness (QED) is 0.660. The molecule has 0 aromatic carbocycles. The highest BCUT2D eigenvalue weighted by Crippen LogP contribution is 2.68. The molecule has 0 aliphatic heterocycles. The van der Waals surface area contributed by atoms with Crippen LogP contribution in [0, 0.1) is 16.7 Å². The summed E-state index contributed by atoms with van der Waals surface area (Å²) < 4.78 is 0. The Hall–Kier alpha value is -1.10. The minimum absolute atomic E-state index is 0.0253. The molecule has 1 fully saturated rings. The molecule has 1 amide bonds. The highest BCUT2D eigenvalue weighted by Gasteiger charge is 2.68. The third-order valence-electron chi connectivity index (χ3n) is 4.28. The van der Waals surface area contributed by atoms with Gasteiger partial charge >= 0.3 is 5.97 Å². The summed E-state index contributed by atoms with van der Waals surface area (Å²) in [7, 11) is 0. The van der Waals surface area contributed by atoms with Gasteiger partial charge in [0.1, 0.15) is 0 Å². The summed E-state index contributed by atoms with van der Waals surface area (Å²) in [6.45, 7) is 8.37. The summed E-state index contributed by atoms with van der Waals surface area (Å²) >= 11 is 0. The minimum Gasteiger partial charge on any atom is -0.479 e. The zero-order chi connectivity index (χ0) is 13.4. The Kier molecular flexibility index (Phi) is 3.52. The van der Waals surface area contributed by atoms with Crippen LogP contribution in [0.25, 0.3) is 0 Å². The van der Waals surface area contributed by atoms with Crippen molar-refractivity contribution in [1.29, 1.82) is 0 Å². The molecule has 0 aromatic heterocycles. The van der Waals surface area contributed by atoms with Crippen LogP contribution in [0.2, 0.25) is 0 Å². The summed E-state index contributed by atoms with van der Waals surface area (Å²) in [5.41, 5.74) is -0.0506. The first-order valence-electron chi connectivity index (χ1n) is 5.81. The van der Waals surface area contributed by atoms with Crippen LogP contribution in [-0.4, -0.2) is 34.7 Å². The highest BCUT2D eigenvalue weighted by molar-refractivity contribution is 5.84. The summed E-state index contributed by atoms with van der Waals surface area (Å²) in [6, 6.07) is 0. The SMILES string of the molecule is CC1(C)C(C(=O)NCCC(O)C(=O)O)C1(C)C. The van der Waals surface area contributed by atoms with Crippen LogP contribution in [0.5, 0.6) is 0 Å². The highest BCUT2D eigenvalue weighted by atomic mass is 16.4. The van der Waals surface area contributed by atoms with Gasteiger partial charge < -0.3 is 15.5 Å². The van der Waals surface area contributed by atoms with Crippen molar-refractivity contribution in [1.82, 2.24) is 5.32 Å². The van der Waals surface area contributed by atoms with Crippen molar-refractivity contribution in [3.05, 3.63) is 0 Å². The molecule has 1 aliphatic rings. The molecule has 0 heterocycles. The minimum atomic E-state index is -1.41. The summed E-state index contributed by atoms with van der Waals surface area (Å²) in [4.78, 5) is 22.2. The summed E-state index contributed by atoms with van der Waals surface area (Å²) in [5, 5.41) is 20.2. The number of carboxylic acids is 1. The molecule has 1 rings (SSSR count). The first kappa shape index (κ1) is 14.0. The second kappa shape index (κ2) is 4.29. The third kappa shape index (κ3) is 2.44. The van der Waals surface area contributed by atoms with Crippen LogP contribution in [0.3, 0.4) is 0 Å². The lowest BCUT2D eigenvalue weighted by atomic mass is 10.0. The van der Waals surface area contributed by atoms with Gasteiger partial charge in [-0.2, -0.15) is 0 Å². The number of carbonyl (C=O) groups excluding carboxylic acids is 1. The van der Waals surface area contributed by atoms with E-state index in [1.54, 1.807) is 0 Å². The molecule has 5 heteroatoms. The van der Waals surface area contributed by atoms with E-state index in [9.17, 15) is 9.59 Å². The molecule has 0 saturated heterocycles. The molecule has 0 bridgehead atoms. The van der Waals surface area contributed by atoms with Gasteiger partial charge in [0, 0.05) is 18.9 Å². The Morgan fingerprint density at radius 3 is 2.06 bits per heavy atom. The van der Waals surface area contributed by atoms with E-state index in [0.717, 1.165) is 0 Å². The first-order valence-corrected chi connectivity index (χ1v) is 5.81. The van der Waals surface area contributed by atoms with E-state index in [4.69, 9.17) is 10.2 Å². The van der Waals surface area contributed by atoms with E-state index in [1.165, 1.54) is 0 Å². The van der Waals surface area contributed by atoms with Crippen LogP contribution < -0.4 is 5.32 Å². The third-order valence-corrected chi connectivity index (χ3v) is 4.28. The molecule has 0 spiro atoms. The van der Waals surface area contributed by atoms with E-state index in [-0.39, 0.29) is 35.6 Å². The van der Waals surface area contributed by atoms with Crippen LogP contribution in [0.15, 0.2) is 0 Å². The summed E-state index contributed by atoms with van der Waals surface area (Å²) in [5.74, 6) is -1.36. The maximum atomic E-state index is 11.8. The number of aliphatic hydroxyl groups is 1. The molecule has 5 nitrogen and oxygen atoms in total. The fraction of sp³-hybridized carbons (Fsp3) is 0.833. The van der Waals surface area contributed by atoms with Crippen LogP contribution in [-0.2, 0) is 9.59 Å². The number of hydrogen-bond acceptors (Lipinski definition) is 3.